The van der Waals surface area contributed by atoms with E-state index in [1.165, 1.54) is 25.0 Å². The summed E-state index contributed by atoms with van der Waals surface area (Å²) in [7, 11) is 0. The van der Waals surface area contributed by atoms with E-state index in [4.69, 9.17) is 0 Å². The maximum Gasteiger partial charge on any atom is 0.157 e. The van der Waals surface area contributed by atoms with Crippen LogP contribution in [0.2, 0.25) is 0 Å². The van der Waals surface area contributed by atoms with Crippen molar-refractivity contribution in [3.63, 3.8) is 0 Å². The Morgan fingerprint density at radius 2 is 2.07 bits per heavy atom. The van der Waals surface area contributed by atoms with Crippen LogP contribution >= 0.6 is 0 Å². The Morgan fingerprint density at radius 3 is 2.67 bits per heavy atom. The van der Waals surface area contributed by atoms with Crippen LogP contribution in [0.3, 0.4) is 0 Å². The molecule has 15 heavy (non-hydrogen) atoms. The lowest BCUT2D eigenvalue weighted by Gasteiger charge is -2.34. The smallest absolute Gasteiger partial charge is 0.157 e. The number of rotatable bonds is 2. The van der Waals surface area contributed by atoms with Crippen LogP contribution in [0.4, 0.5) is 0 Å². The molecule has 1 fully saturated rings. The number of carbonyl (C=O) groups is 1. The average molecular weight is 207 g/mol. The van der Waals surface area contributed by atoms with Crippen LogP contribution in [0.15, 0.2) is 11.8 Å². The highest BCUT2D eigenvalue weighted by Crippen LogP contribution is 2.29. The number of nitrogens with one attached hydrogen (secondary N) is 1. The van der Waals surface area contributed by atoms with E-state index in [-0.39, 0.29) is 5.78 Å². The maximum atomic E-state index is 11.1. The SMILES string of the molecule is CC1CCC(NC2=CC(=O)CC2)C(C)C1. The lowest BCUT2D eigenvalue weighted by Crippen LogP contribution is -2.38. The van der Waals surface area contributed by atoms with Crippen molar-refractivity contribution in [2.75, 3.05) is 0 Å². The van der Waals surface area contributed by atoms with Crippen LogP contribution in [0.25, 0.3) is 0 Å². The first-order chi connectivity index (χ1) is 7.15. The molecule has 0 bridgehead atoms. The third-order valence-electron chi connectivity index (χ3n) is 3.78. The molecule has 0 aromatic carbocycles. The molecule has 1 N–H and O–H groups in total. The second-order valence-electron chi connectivity index (χ2n) is 5.28. The molecule has 2 heteroatoms. The molecule has 0 saturated heterocycles. The molecule has 3 atom stereocenters. The Labute approximate surface area is 92.1 Å². The van der Waals surface area contributed by atoms with Gasteiger partial charge in [-0.3, -0.25) is 4.79 Å². The first kappa shape index (κ1) is 10.7. The van der Waals surface area contributed by atoms with Gasteiger partial charge in [0.25, 0.3) is 0 Å². The van der Waals surface area contributed by atoms with Gasteiger partial charge >= 0.3 is 0 Å². The Morgan fingerprint density at radius 1 is 1.27 bits per heavy atom. The Hall–Kier alpha value is -0.790. The Kier molecular flexibility index (Phi) is 3.13. The maximum absolute atomic E-state index is 11.1. The van der Waals surface area contributed by atoms with Crippen molar-refractivity contribution in [1.29, 1.82) is 0 Å². The molecular formula is C13H21NO. The summed E-state index contributed by atoms with van der Waals surface area (Å²) in [5, 5.41) is 3.56. The van der Waals surface area contributed by atoms with Crippen LogP contribution in [0.1, 0.15) is 46.0 Å². The molecule has 2 nitrogen and oxygen atoms in total. The largest absolute Gasteiger partial charge is 0.385 e. The van der Waals surface area contributed by atoms with E-state index in [0.717, 1.165) is 18.3 Å². The second kappa shape index (κ2) is 4.38. The van der Waals surface area contributed by atoms with Gasteiger partial charge in [-0.2, -0.15) is 0 Å². The molecular weight excluding hydrogens is 186 g/mol. The van der Waals surface area contributed by atoms with Crippen molar-refractivity contribution in [2.45, 2.75) is 52.0 Å². The molecule has 2 aliphatic carbocycles. The minimum absolute atomic E-state index is 0.286. The average Bonchev–Trinajstić information content (AvgIpc) is 2.56. The summed E-state index contributed by atoms with van der Waals surface area (Å²) in [5.74, 6) is 1.90. The van der Waals surface area contributed by atoms with Gasteiger partial charge in [-0.05, 0) is 37.5 Å². The number of hydrogen-bond acceptors (Lipinski definition) is 2. The normalized spacial score (nSPS) is 36.5. The quantitative estimate of drug-likeness (QED) is 0.754. The Bertz CT molecular complexity index is 282. The van der Waals surface area contributed by atoms with Crippen LogP contribution in [0.5, 0.6) is 0 Å². The highest BCUT2D eigenvalue weighted by atomic mass is 16.1. The molecule has 0 aromatic heterocycles. The predicted molar refractivity (Wildman–Crippen MR) is 61.4 cm³/mol. The van der Waals surface area contributed by atoms with E-state index in [1.807, 2.05) is 0 Å². The molecule has 1 saturated carbocycles. The fraction of sp³-hybridized carbons (Fsp3) is 0.769. The summed E-state index contributed by atoms with van der Waals surface area (Å²) in [6, 6.07) is 0.596. The lowest BCUT2D eigenvalue weighted by molar-refractivity contribution is -0.114. The highest BCUT2D eigenvalue weighted by Gasteiger charge is 2.26. The van der Waals surface area contributed by atoms with Crippen LogP contribution in [-0.4, -0.2) is 11.8 Å². The van der Waals surface area contributed by atoms with Gasteiger partial charge in [-0.15, -0.1) is 0 Å². The van der Waals surface area contributed by atoms with E-state index < -0.39 is 0 Å². The van der Waals surface area contributed by atoms with Gasteiger partial charge in [-0.1, -0.05) is 13.8 Å². The van der Waals surface area contributed by atoms with Crippen molar-refractivity contribution < 1.29 is 4.79 Å². The Balaban J connectivity index is 1.89. The summed E-state index contributed by atoms with van der Waals surface area (Å²) in [5.41, 5.74) is 1.17. The fourth-order valence-electron chi connectivity index (χ4n) is 2.83. The van der Waals surface area contributed by atoms with Gasteiger partial charge in [-0.25, -0.2) is 0 Å². The summed E-state index contributed by atoms with van der Waals surface area (Å²) in [6.45, 7) is 4.66. The van der Waals surface area contributed by atoms with Gasteiger partial charge < -0.3 is 5.32 Å². The lowest BCUT2D eigenvalue weighted by atomic mass is 9.80. The minimum atomic E-state index is 0.286. The molecule has 0 spiro atoms. The first-order valence-electron chi connectivity index (χ1n) is 6.15. The van der Waals surface area contributed by atoms with Crippen molar-refractivity contribution in [3.8, 4) is 0 Å². The summed E-state index contributed by atoms with van der Waals surface area (Å²) in [6.07, 6.45) is 7.33. The van der Waals surface area contributed by atoms with E-state index >= 15 is 0 Å². The van der Waals surface area contributed by atoms with Crippen LogP contribution in [0, 0.1) is 11.8 Å². The second-order valence-corrected chi connectivity index (χ2v) is 5.28. The number of hydrogen-bond donors (Lipinski definition) is 1. The minimum Gasteiger partial charge on any atom is -0.385 e. The zero-order valence-corrected chi connectivity index (χ0v) is 9.75. The molecule has 0 aromatic rings. The monoisotopic (exact) mass is 207 g/mol. The molecule has 2 aliphatic rings. The van der Waals surface area contributed by atoms with E-state index in [9.17, 15) is 4.79 Å². The summed E-state index contributed by atoms with van der Waals surface area (Å²) >= 11 is 0. The predicted octanol–water partition coefficient (Wildman–Crippen LogP) is 2.65. The third kappa shape index (κ3) is 2.61. The van der Waals surface area contributed by atoms with Crippen LogP contribution < -0.4 is 5.32 Å². The molecule has 2 rings (SSSR count). The van der Waals surface area contributed by atoms with Gasteiger partial charge in [0.2, 0.25) is 0 Å². The zero-order chi connectivity index (χ0) is 10.8. The highest BCUT2D eigenvalue weighted by molar-refractivity contribution is 5.92. The van der Waals surface area contributed by atoms with Crippen molar-refractivity contribution in [1.82, 2.24) is 5.32 Å². The van der Waals surface area contributed by atoms with Crippen molar-refractivity contribution in [2.24, 2.45) is 11.8 Å². The summed E-state index contributed by atoms with van der Waals surface area (Å²) in [4.78, 5) is 11.1. The van der Waals surface area contributed by atoms with Gasteiger partial charge in [0, 0.05) is 24.2 Å². The fourth-order valence-corrected chi connectivity index (χ4v) is 2.83. The van der Waals surface area contributed by atoms with E-state index in [1.54, 1.807) is 6.08 Å². The van der Waals surface area contributed by atoms with Gasteiger partial charge in [0.1, 0.15) is 0 Å². The van der Waals surface area contributed by atoms with Crippen molar-refractivity contribution in [3.05, 3.63) is 11.8 Å². The standard InChI is InChI=1S/C13H21NO/c1-9-3-6-13(10(2)7-9)14-11-4-5-12(15)8-11/h8-10,13-14H,3-7H2,1-2H3. The summed E-state index contributed by atoms with van der Waals surface area (Å²) < 4.78 is 0. The zero-order valence-electron chi connectivity index (χ0n) is 9.75. The molecule has 0 amide bonds. The molecule has 0 heterocycles. The van der Waals surface area contributed by atoms with Crippen LogP contribution in [-0.2, 0) is 4.79 Å². The van der Waals surface area contributed by atoms with Gasteiger partial charge in [0.15, 0.2) is 5.78 Å². The molecule has 84 valence electrons. The van der Waals surface area contributed by atoms with E-state index in [0.29, 0.717) is 12.5 Å². The van der Waals surface area contributed by atoms with Crippen molar-refractivity contribution >= 4 is 5.78 Å². The molecule has 3 unspecified atom stereocenters. The molecule has 0 radical (unpaired) electrons. The number of carbonyl (C=O) groups excluding carboxylic acids is 1. The third-order valence-corrected chi connectivity index (χ3v) is 3.78. The first-order valence-corrected chi connectivity index (χ1v) is 6.15. The number of ketones is 1. The number of allylic oxidation sites excluding steroid dienone is 2. The van der Waals surface area contributed by atoms with E-state index in [2.05, 4.69) is 19.2 Å². The molecule has 0 aliphatic heterocycles. The van der Waals surface area contributed by atoms with Gasteiger partial charge in [0.05, 0.1) is 0 Å². The topological polar surface area (TPSA) is 29.1 Å².